The van der Waals surface area contributed by atoms with Crippen LogP contribution in [-0.4, -0.2) is 12.3 Å². The van der Waals surface area contributed by atoms with Crippen LogP contribution in [0.5, 0.6) is 0 Å². The zero-order chi connectivity index (χ0) is 11.8. The van der Waals surface area contributed by atoms with E-state index < -0.39 is 26.0 Å². The number of halogens is 1. The fourth-order valence-corrected chi connectivity index (χ4v) is 0.0802. The molecule has 0 aromatic rings. The van der Waals surface area contributed by atoms with E-state index in [1.807, 2.05) is 0 Å². The zero-order valence-corrected chi connectivity index (χ0v) is 3.19. The smallest absolute Gasteiger partial charge is 0.438 e. The molecule has 0 aromatic carbocycles. The second kappa shape index (κ2) is 2.55. The molecule has 0 spiro atoms. The predicted octanol–water partition coefficient (Wildman–Crippen LogP) is 1.50. The Morgan fingerprint density at radius 3 is 2.86 bits per heavy atom. The molecule has 3 heteroatoms. The van der Waals surface area contributed by atoms with Gasteiger partial charge in [0.2, 0.25) is 0 Å². The van der Waals surface area contributed by atoms with Crippen LogP contribution >= 0.6 is 0 Å². The number of hydrogen-bond acceptors (Lipinski definition) is 2. The lowest BCUT2D eigenvalue weighted by molar-refractivity contribution is 0.0920. The molecule has 0 fully saturated rings. The molecule has 0 saturated heterocycles. The first-order valence-corrected chi connectivity index (χ1v) is 1.30. The molecular weight excluding hydrogens is 99.0 g/mol. The van der Waals surface area contributed by atoms with E-state index in [0.717, 1.165) is 0 Å². The summed E-state index contributed by atoms with van der Waals surface area (Å²) in [5.41, 5.74) is 0. The van der Waals surface area contributed by atoms with Crippen LogP contribution in [0.25, 0.3) is 0 Å². The summed E-state index contributed by atoms with van der Waals surface area (Å²) in [5, 5.41) is 0. The number of rotatable bonds is 1. The van der Waals surface area contributed by atoms with E-state index in [2.05, 4.69) is 4.74 Å². The van der Waals surface area contributed by atoms with Crippen LogP contribution in [0.3, 0.4) is 0 Å². The molecule has 0 aliphatic heterocycles. The number of hydrogen-bond donors (Lipinski definition) is 0. The summed E-state index contributed by atoms with van der Waals surface area (Å²) >= 11 is 0. The highest BCUT2D eigenvalue weighted by Crippen LogP contribution is 1.89. The van der Waals surface area contributed by atoms with Crippen molar-refractivity contribution in [1.82, 2.24) is 0 Å². The summed E-state index contributed by atoms with van der Waals surface area (Å²) in [6, 6.07) is 0. The van der Waals surface area contributed by atoms with Gasteiger partial charge in [-0.2, -0.15) is 0 Å². The highest BCUT2D eigenvalue weighted by Gasteiger charge is 1.98. The summed E-state index contributed by atoms with van der Waals surface area (Å²) in [7, 11) is 0. The van der Waals surface area contributed by atoms with Gasteiger partial charge in [-0.3, -0.25) is 0 Å². The number of ether oxygens (including phenoxy) is 1. The molecule has 0 aliphatic carbocycles. The first kappa shape index (κ1) is 1.21. The van der Waals surface area contributed by atoms with Gasteiger partial charge in [-0.05, 0) is 13.7 Å². The van der Waals surface area contributed by atoms with E-state index in [1.54, 1.807) is 0 Å². The minimum atomic E-state index is -3.58. The highest BCUT2D eigenvalue weighted by molar-refractivity contribution is 5.58. The van der Waals surface area contributed by atoms with Crippen molar-refractivity contribution in [1.29, 1.82) is 0 Å². The normalized spacial score (nSPS) is 29.0. The lowest BCUT2D eigenvalue weighted by Gasteiger charge is -1.98. The molecule has 0 radical (unpaired) electrons. The molecule has 0 N–H and O–H groups in total. The van der Waals surface area contributed by atoms with E-state index >= 15 is 0 Å². The van der Waals surface area contributed by atoms with Crippen molar-refractivity contribution in [3.05, 3.63) is 0 Å². The van der Waals surface area contributed by atoms with E-state index in [4.69, 9.17) is 9.60 Å². The van der Waals surface area contributed by atoms with Crippen molar-refractivity contribution in [2.45, 2.75) is 19.8 Å². The molecular formula is C4H7FO2. The van der Waals surface area contributed by atoms with Crippen LogP contribution in [0, 0.1) is 0 Å². The maximum atomic E-state index is 11.8. The van der Waals surface area contributed by atoms with Crippen LogP contribution < -0.4 is 0 Å². The molecule has 0 saturated carbocycles. The van der Waals surface area contributed by atoms with Gasteiger partial charge in [0, 0.05) is 8.22 Å². The van der Waals surface area contributed by atoms with Gasteiger partial charge in [-0.25, -0.2) is 4.79 Å². The molecule has 0 amide bonds. The lowest BCUT2D eigenvalue weighted by Crippen LogP contribution is -2.03. The maximum absolute atomic E-state index is 11.8. The summed E-state index contributed by atoms with van der Waals surface area (Å²) in [6.07, 6.45) is -6.20. The number of carbonyl (C=O) groups is 1. The van der Waals surface area contributed by atoms with Gasteiger partial charge >= 0.3 is 6.22 Å². The highest BCUT2D eigenvalue weighted by atomic mass is 19.1. The molecule has 0 atom stereocenters. The minimum absolute atomic E-state index is 2.62. The molecule has 42 valence electrons. The Kier molecular flexibility index (Phi) is 0.443. The van der Waals surface area contributed by atoms with E-state index in [9.17, 15) is 9.18 Å². The van der Waals surface area contributed by atoms with E-state index in [1.165, 1.54) is 0 Å². The van der Waals surface area contributed by atoms with Gasteiger partial charge in [0.25, 0.3) is 0 Å². The summed E-state index contributed by atoms with van der Waals surface area (Å²) in [6.45, 7) is -6.92. The van der Waals surface area contributed by atoms with Gasteiger partial charge in [-0.15, -0.1) is 4.39 Å². The fourth-order valence-electron chi connectivity index (χ4n) is 0.0802. The van der Waals surface area contributed by atoms with Crippen LogP contribution in [0.4, 0.5) is 9.18 Å². The van der Waals surface area contributed by atoms with Gasteiger partial charge in [-0.1, -0.05) is 0 Å². The Balaban J connectivity index is 5.18. The lowest BCUT2D eigenvalue weighted by atomic mass is 10.5. The van der Waals surface area contributed by atoms with E-state index in [0.29, 0.717) is 0 Å². The van der Waals surface area contributed by atoms with Crippen molar-refractivity contribution >= 4 is 6.22 Å². The third-order valence-electron chi connectivity index (χ3n) is 0.182. The van der Waals surface area contributed by atoms with Crippen molar-refractivity contribution in [3.63, 3.8) is 0 Å². The average Bonchev–Trinajstić information content (AvgIpc) is 1.79. The first-order valence-electron chi connectivity index (χ1n) is 4.80. The van der Waals surface area contributed by atoms with Gasteiger partial charge in [0.05, 0.1) is 7.45 Å². The minimum Gasteiger partial charge on any atom is -0.438 e. The summed E-state index contributed by atoms with van der Waals surface area (Å²) in [5.74, 6) is 0. The Bertz CT molecular complexity index is 217. The Morgan fingerprint density at radius 2 is 2.71 bits per heavy atom. The largest absolute Gasteiger partial charge is 0.495 e. The van der Waals surface area contributed by atoms with Crippen LogP contribution in [0.1, 0.15) is 23.3 Å². The van der Waals surface area contributed by atoms with Gasteiger partial charge in [0.15, 0.2) is 0 Å². The van der Waals surface area contributed by atoms with Crippen molar-refractivity contribution in [2.24, 2.45) is 0 Å². The molecule has 7 heavy (non-hydrogen) atoms. The van der Waals surface area contributed by atoms with Crippen molar-refractivity contribution in [3.8, 4) is 0 Å². The summed E-state index contributed by atoms with van der Waals surface area (Å²) in [4.78, 5) is 9.84. The second-order valence-corrected chi connectivity index (χ2v) is 0.669. The Labute approximate surface area is 51.1 Å². The first-order chi connectivity index (χ1) is 5.92. The van der Waals surface area contributed by atoms with Crippen LogP contribution in [0.15, 0.2) is 0 Å². The van der Waals surface area contributed by atoms with Crippen LogP contribution in [-0.2, 0) is 4.74 Å². The average molecular weight is 113 g/mol. The monoisotopic (exact) mass is 113 g/mol. The van der Waals surface area contributed by atoms with Gasteiger partial charge < -0.3 is 4.74 Å². The SMILES string of the molecule is [2H]C([2H])([2H])C([2H])(OC(=O)F)C([2H])([2H])[2H]. The third kappa shape index (κ3) is 5.40. The van der Waals surface area contributed by atoms with E-state index in [-0.39, 0.29) is 0 Å². The molecule has 0 aliphatic rings. The topological polar surface area (TPSA) is 26.3 Å². The summed E-state index contributed by atoms with van der Waals surface area (Å²) < 4.78 is 62.2. The maximum Gasteiger partial charge on any atom is 0.495 e. The predicted molar refractivity (Wildman–Crippen MR) is 22.7 cm³/mol. The van der Waals surface area contributed by atoms with Crippen molar-refractivity contribution < 1.29 is 23.5 Å². The number of carbonyl (C=O) groups excluding carboxylic acids is 1. The molecule has 0 rings (SSSR count). The molecule has 2 nitrogen and oxygen atoms in total. The third-order valence-corrected chi connectivity index (χ3v) is 0.182. The van der Waals surface area contributed by atoms with Crippen molar-refractivity contribution in [2.75, 3.05) is 0 Å². The molecule has 0 heterocycles. The quantitative estimate of drug-likeness (QED) is 0.482. The Hall–Kier alpha value is -0.600. The molecule has 0 aromatic heterocycles. The fraction of sp³-hybridized carbons (Fsp3) is 0.750. The second-order valence-electron chi connectivity index (χ2n) is 0.669. The van der Waals surface area contributed by atoms with Crippen LogP contribution in [0.2, 0.25) is 0 Å². The van der Waals surface area contributed by atoms with Gasteiger partial charge in [0.1, 0.15) is 0 Å². The Morgan fingerprint density at radius 1 is 2.14 bits per heavy atom. The standard InChI is InChI=1S/C4H7FO2/c1-3(2)7-4(5)6/h3H,1-2H3/i1D3,2D3,3D. The zero-order valence-electron chi connectivity index (χ0n) is 10.2. The molecule has 0 bridgehead atoms. The molecule has 0 unspecified atom stereocenters.